The zero-order valence-electron chi connectivity index (χ0n) is 6.39. The van der Waals surface area contributed by atoms with Crippen molar-refractivity contribution in [3.63, 3.8) is 0 Å². The summed E-state index contributed by atoms with van der Waals surface area (Å²) in [5.74, 6) is -0.0536. The molecule has 0 aliphatic heterocycles. The lowest BCUT2D eigenvalue weighted by molar-refractivity contribution is -0.116. The van der Waals surface area contributed by atoms with E-state index in [2.05, 4.69) is 0 Å². The summed E-state index contributed by atoms with van der Waals surface area (Å²) in [6.45, 7) is 3.36. The van der Waals surface area contributed by atoms with Crippen LogP contribution in [0.25, 0.3) is 0 Å². The van der Waals surface area contributed by atoms with Crippen LogP contribution in [-0.2, 0) is 9.59 Å². The van der Waals surface area contributed by atoms with E-state index in [9.17, 15) is 9.59 Å². The summed E-state index contributed by atoms with van der Waals surface area (Å²) in [6, 6.07) is 0. The van der Waals surface area contributed by atoms with E-state index < -0.39 is 0 Å². The van der Waals surface area contributed by atoms with Crippen LogP contribution < -0.4 is 0 Å². The summed E-state index contributed by atoms with van der Waals surface area (Å²) in [4.78, 5) is 21.0. The van der Waals surface area contributed by atoms with Gasteiger partial charge >= 0.3 is 0 Å². The maximum atomic E-state index is 10.7. The Bertz CT molecular complexity index is 157. The molecule has 2 nitrogen and oxygen atoms in total. The van der Waals surface area contributed by atoms with Gasteiger partial charge in [0.2, 0.25) is 0 Å². The Labute approximate surface area is 60.9 Å². The zero-order chi connectivity index (χ0) is 7.98. The van der Waals surface area contributed by atoms with Crippen LogP contribution in [0, 0.1) is 0 Å². The summed E-state index contributed by atoms with van der Waals surface area (Å²) in [7, 11) is 0. The number of rotatable bonds is 4. The highest BCUT2D eigenvalue weighted by atomic mass is 16.1. The van der Waals surface area contributed by atoms with Crippen LogP contribution in [-0.4, -0.2) is 11.6 Å². The predicted molar refractivity (Wildman–Crippen MR) is 39.7 cm³/mol. The maximum absolute atomic E-state index is 10.7. The highest BCUT2D eigenvalue weighted by molar-refractivity contribution is 5.97. The Morgan fingerprint density at radius 1 is 1.30 bits per heavy atom. The molecule has 10 heavy (non-hydrogen) atoms. The standard InChI is InChI=1S/C8H12O2/c1-3-4-8(10)6-5-7(2)9/h5-6H,3-4H2,1-2H3. The third-order valence-corrected chi connectivity index (χ3v) is 1.00. The third-order valence-electron chi connectivity index (χ3n) is 1.00. The first-order chi connectivity index (χ1) is 4.66. The first kappa shape index (κ1) is 9.08. The van der Waals surface area contributed by atoms with Crippen LogP contribution in [0.3, 0.4) is 0 Å². The van der Waals surface area contributed by atoms with Gasteiger partial charge in [0, 0.05) is 6.42 Å². The highest BCUT2D eigenvalue weighted by Crippen LogP contribution is 1.90. The quantitative estimate of drug-likeness (QED) is 0.554. The molecule has 0 bridgehead atoms. The molecule has 0 aliphatic carbocycles. The van der Waals surface area contributed by atoms with Gasteiger partial charge in [0.15, 0.2) is 11.6 Å². The molecule has 2 heteroatoms. The summed E-state index contributed by atoms with van der Waals surface area (Å²) >= 11 is 0. The monoisotopic (exact) mass is 140 g/mol. The lowest BCUT2D eigenvalue weighted by atomic mass is 10.2. The van der Waals surface area contributed by atoms with Crippen molar-refractivity contribution in [2.24, 2.45) is 0 Å². The maximum Gasteiger partial charge on any atom is 0.155 e. The minimum Gasteiger partial charge on any atom is -0.295 e. The van der Waals surface area contributed by atoms with E-state index in [-0.39, 0.29) is 11.6 Å². The van der Waals surface area contributed by atoms with E-state index in [4.69, 9.17) is 0 Å². The molecule has 0 N–H and O–H groups in total. The van der Waals surface area contributed by atoms with Crippen LogP contribution in [0.5, 0.6) is 0 Å². The molecule has 56 valence electrons. The molecule has 0 saturated heterocycles. The van der Waals surface area contributed by atoms with Gasteiger partial charge in [-0.2, -0.15) is 0 Å². The van der Waals surface area contributed by atoms with Crippen LogP contribution in [0.2, 0.25) is 0 Å². The summed E-state index contributed by atoms with van der Waals surface area (Å²) < 4.78 is 0. The number of ketones is 2. The number of allylic oxidation sites excluding steroid dienone is 2. The fourth-order valence-corrected chi connectivity index (χ4v) is 0.540. The topological polar surface area (TPSA) is 34.1 Å². The van der Waals surface area contributed by atoms with Crippen molar-refractivity contribution in [3.05, 3.63) is 12.2 Å². The summed E-state index contributed by atoms with van der Waals surface area (Å²) in [6.07, 6.45) is 4.01. The van der Waals surface area contributed by atoms with Gasteiger partial charge < -0.3 is 0 Å². The van der Waals surface area contributed by atoms with Crippen molar-refractivity contribution in [3.8, 4) is 0 Å². The van der Waals surface area contributed by atoms with Crippen LogP contribution in [0.1, 0.15) is 26.7 Å². The van der Waals surface area contributed by atoms with Crippen molar-refractivity contribution >= 4 is 11.6 Å². The van der Waals surface area contributed by atoms with Gasteiger partial charge in [-0.15, -0.1) is 0 Å². The van der Waals surface area contributed by atoms with E-state index in [1.54, 1.807) is 0 Å². The normalized spacial score (nSPS) is 10.2. The molecule has 0 aromatic carbocycles. The van der Waals surface area contributed by atoms with E-state index in [1.807, 2.05) is 6.92 Å². The molecule has 0 aromatic heterocycles. The molecule has 0 saturated carbocycles. The molecular formula is C8H12O2. The van der Waals surface area contributed by atoms with E-state index >= 15 is 0 Å². The van der Waals surface area contributed by atoms with Crippen LogP contribution >= 0.6 is 0 Å². The number of hydrogen-bond acceptors (Lipinski definition) is 2. The molecule has 0 fully saturated rings. The molecule has 0 heterocycles. The van der Waals surface area contributed by atoms with Crippen LogP contribution in [0.15, 0.2) is 12.2 Å². The molecule has 0 radical (unpaired) electrons. The minimum absolute atomic E-state index is 0.0256. The average molecular weight is 140 g/mol. The first-order valence-corrected chi connectivity index (χ1v) is 3.38. The molecule has 0 aromatic rings. The zero-order valence-corrected chi connectivity index (χ0v) is 6.39. The lowest BCUT2D eigenvalue weighted by Gasteiger charge is -1.86. The number of hydrogen-bond donors (Lipinski definition) is 0. The number of carbonyl (C=O) groups is 2. The Morgan fingerprint density at radius 2 is 1.90 bits per heavy atom. The molecule has 0 unspecified atom stereocenters. The summed E-state index contributed by atoms with van der Waals surface area (Å²) in [5, 5.41) is 0. The molecule has 0 amide bonds. The van der Waals surface area contributed by atoms with Crippen molar-refractivity contribution < 1.29 is 9.59 Å². The number of carbonyl (C=O) groups excluding carboxylic acids is 2. The largest absolute Gasteiger partial charge is 0.295 e. The van der Waals surface area contributed by atoms with Gasteiger partial charge in [-0.05, 0) is 25.5 Å². The smallest absolute Gasteiger partial charge is 0.155 e. The predicted octanol–water partition coefficient (Wildman–Crippen LogP) is 1.50. The van der Waals surface area contributed by atoms with Crippen molar-refractivity contribution in [2.45, 2.75) is 26.7 Å². The van der Waals surface area contributed by atoms with Gasteiger partial charge in [0.1, 0.15) is 0 Å². The molecule has 0 rings (SSSR count). The molecule has 0 atom stereocenters. The Hall–Kier alpha value is -0.920. The van der Waals surface area contributed by atoms with Gasteiger partial charge in [-0.1, -0.05) is 6.92 Å². The SMILES string of the molecule is CCCC(=O)C=CC(C)=O. The summed E-state index contributed by atoms with van der Waals surface area (Å²) in [5.41, 5.74) is 0. The molecule has 0 aliphatic rings. The third kappa shape index (κ3) is 5.22. The first-order valence-electron chi connectivity index (χ1n) is 3.38. The molecule has 0 spiro atoms. The van der Waals surface area contributed by atoms with Crippen LogP contribution in [0.4, 0.5) is 0 Å². The van der Waals surface area contributed by atoms with E-state index in [1.165, 1.54) is 19.1 Å². The van der Waals surface area contributed by atoms with E-state index in [0.717, 1.165) is 6.42 Å². The Kier molecular flexibility index (Phi) is 4.46. The average Bonchev–Trinajstić information content (AvgIpc) is 1.85. The van der Waals surface area contributed by atoms with Gasteiger partial charge in [-0.25, -0.2) is 0 Å². The van der Waals surface area contributed by atoms with E-state index in [0.29, 0.717) is 6.42 Å². The minimum atomic E-state index is -0.0792. The second kappa shape index (κ2) is 4.91. The van der Waals surface area contributed by atoms with Gasteiger partial charge in [-0.3, -0.25) is 9.59 Å². The fourth-order valence-electron chi connectivity index (χ4n) is 0.540. The molecular weight excluding hydrogens is 128 g/mol. The van der Waals surface area contributed by atoms with Crippen molar-refractivity contribution in [1.82, 2.24) is 0 Å². The van der Waals surface area contributed by atoms with Gasteiger partial charge in [0.05, 0.1) is 0 Å². The second-order valence-electron chi connectivity index (χ2n) is 2.16. The lowest BCUT2D eigenvalue weighted by Crippen LogP contribution is -1.92. The highest BCUT2D eigenvalue weighted by Gasteiger charge is 1.92. The Balaban J connectivity index is 3.67. The van der Waals surface area contributed by atoms with Crippen molar-refractivity contribution in [1.29, 1.82) is 0 Å². The van der Waals surface area contributed by atoms with Crippen molar-refractivity contribution in [2.75, 3.05) is 0 Å². The fraction of sp³-hybridized carbons (Fsp3) is 0.500. The second-order valence-corrected chi connectivity index (χ2v) is 2.16. The van der Waals surface area contributed by atoms with Gasteiger partial charge in [0.25, 0.3) is 0 Å². The Morgan fingerprint density at radius 3 is 2.30 bits per heavy atom.